The molecule has 14 aromatic rings. The predicted molar refractivity (Wildman–Crippen MR) is 291 cm³/mol. The van der Waals surface area contributed by atoms with Crippen molar-refractivity contribution in [2.75, 3.05) is 0 Å². The number of aromatic nitrogens is 5. The van der Waals surface area contributed by atoms with Crippen molar-refractivity contribution in [1.82, 2.24) is 24.1 Å². The summed E-state index contributed by atoms with van der Waals surface area (Å²) in [4.78, 5) is 16.4. The minimum Gasteiger partial charge on any atom is -0.307 e. The summed E-state index contributed by atoms with van der Waals surface area (Å²) in [5.41, 5.74) is 14.0. The van der Waals surface area contributed by atoms with Crippen LogP contribution in [0.4, 0.5) is 0 Å². The zero-order valence-corrected chi connectivity index (χ0v) is 37.9. The van der Waals surface area contributed by atoms with Gasteiger partial charge >= 0.3 is 0 Å². The fourth-order valence-corrected chi connectivity index (χ4v) is 10.8. The first-order valence-electron chi connectivity index (χ1n) is 23.8. The summed E-state index contributed by atoms with van der Waals surface area (Å²) in [6, 6.07) is 88.8. The maximum atomic E-state index is 5.53. The maximum Gasteiger partial charge on any atom is 0.166 e. The molecule has 5 nitrogen and oxygen atoms in total. The van der Waals surface area contributed by atoms with Crippen LogP contribution < -0.4 is 0 Å². The molecule has 0 fully saturated rings. The Bertz CT molecular complexity index is 4360. The molecule has 0 atom stereocenters. The van der Waals surface area contributed by atoms with Crippen molar-refractivity contribution >= 4 is 65.2 Å². The first-order valence-corrected chi connectivity index (χ1v) is 23.8. The van der Waals surface area contributed by atoms with Crippen LogP contribution in [0.3, 0.4) is 0 Å². The van der Waals surface area contributed by atoms with Gasteiger partial charge < -0.3 is 9.13 Å². The average Bonchev–Trinajstić information content (AvgIpc) is 3.96. The Balaban J connectivity index is 1.06. The quantitative estimate of drug-likeness (QED) is 0.160. The van der Waals surface area contributed by atoms with Crippen molar-refractivity contribution in [1.29, 1.82) is 0 Å². The molecular weight excluding hydrogens is 851 g/mol. The van der Waals surface area contributed by atoms with E-state index in [0.29, 0.717) is 17.5 Å². The van der Waals surface area contributed by atoms with Gasteiger partial charge in [0.25, 0.3) is 0 Å². The zero-order chi connectivity index (χ0) is 46.1. The average molecular weight is 892 g/mol. The van der Waals surface area contributed by atoms with E-state index >= 15 is 0 Å². The molecule has 0 N–H and O–H groups in total. The van der Waals surface area contributed by atoms with E-state index in [1.54, 1.807) is 0 Å². The zero-order valence-electron chi connectivity index (χ0n) is 37.9. The van der Waals surface area contributed by atoms with E-state index in [0.717, 1.165) is 99.1 Å². The summed E-state index contributed by atoms with van der Waals surface area (Å²) in [6.07, 6.45) is 0. The van der Waals surface area contributed by atoms with E-state index in [1.165, 1.54) is 16.3 Å². The summed E-state index contributed by atoms with van der Waals surface area (Å²) < 4.78 is 4.89. The van der Waals surface area contributed by atoms with Gasteiger partial charge in [0.05, 0.1) is 27.8 Å². The molecule has 0 saturated carbocycles. The Hall–Kier alpha value is -9.45. The molecule has 3 heterocycles. The molecule has 0 radical (unpaired) electrons. The second-order valence-corrected chi connectivity index (χ2v) is 17.9. The van der Waals surface area contributed by atoms with E-state index in [9.17, 15) is 0 Å². The van der Waals surface area contributed by atoms with E-state index in [1.807, 2.05) is 0 Å². The van der Waals surface area contributed by atoms with Crippen LogP contribution in [-0.2, 0) is 0 Å². The van der Waals surface area contributed by atoms with Crippen molar-refractivity contribution < 1.29 is 0 Å². The van der Waals surface area contributed by atoms with Crippen molar-refractivity contribution in [3.05, 3.63) is 249 Å². The van der Waals surface area contributed by atoms with Crippen LogP contribution in [0.25, 0.3) is 133 Å². The Morgan fingerprint density at radius 3 is 1.54 bits per heavy atom. The monoisotopic (exact) mass is 891 g/mol. The van der Waals surface area contributed by atoms with Gasteiger partial charge in [0.15, 0.2) is 17.5 Å². The Morgan fingerprint density at radius 2 is 0.786 bits per heavy atom. The highest BCUT2D eigenvalue weighted by atomic mass is 15.1. The molecule has 0 bridgehead atoms. The van der Waals surface area contributed by atoms with Crippen LogP contribution in [0.5, 0.6) is 0 Å². The third-order valence-electron chi connectivity index (χ3n) is 14.0. The van der Waals surface area contributed by atoms with Gasteiger partial charge in [0, 0.05) is 43.9 Å². The number of nitrogens with zero attached hydrogens (tertiary/aromatic N) is 5. The fourth-order valence-electron chi connectivity index (χ4n) is 10.8. The number of hydrogen-bond donors (Lipinski definition) is 0. The lowest BCUT2D eigenvalue weighted by Gasteiger charge is -2.17. The van der Waals surface area contributed by atoms with Gasteiger partial charge in [-0.15, -0.1) is 0 Å². The molecule has 326 valence electrons. The highest BCUT2D eigenvalue weighted by Gasteiger charge is 2.24. The molecule has 0 aliphatic carbocycles. The van der Waals surface area contributed by atoms with Crippen molar-refractivity contribution in [2.45, 2.75) is 0 Å². The van der Waals surface area contributed by atoms with Gasteiger partial charge in [-0.2, -0.15) is 0 Å². The van der Waals surface area contributed by atoms with Crippen LogP contribution in [0.2, 0.25) is 0 Å². The molecule has 0 aliphatic rings. The molecule has 14 rings (SSSR count). The molecule has 5 heteroatoms. The molecule has 0 aliphatic heterocycles. The topological polar surface area (TPSA) is 48.5 Å². The van der Waals surface area contributed by atoms with Gasteiger partial charge in [0.2, 0.25) is 0 Å². The van der Waals surface area contributed by atoms with Crippen molar-refractivity contribution in [3.8, 4) is 67.8 Å². The summed E-state index contributed by atoms with van der Waals surface area (Å²) in [7, 11) is 0. The summed E-state index contributed by atoms with van der Waals surface area (Å²) in [6.45, 7) is 0. The second kappa shape index (κ2) is 16.1. The largest absolute Gasteiger partial charge is 0.307 e. The number of fused-ring (bicyclic) bond motifs is 8. The lowest BCUT2D eigenvalue weighted by Crippen LogP contribution is -2.04. The molecular formula is C65H41N5. The Kier molecular flexibility index (Phi) is 9.14. The first-order chi connectivity index (χ1) is 34.7. The summed E-state index contributed by atoms with van der Waals surface area (Å²) in [5, 5.41) is 9.14. The van der Waals surface area contributed by atoms with Crippen LogP contribution in [0.1, 0.15) is 0 Å². The molecule has 0 amide bonds. The third kappa shape index (κ3) is 6.36. The standard InChI is InChI=1S/C65H41N5/c1-3-18-42(19-4-1)46-24-15-25-48(41-46)69-58-33-13-11-29-53(58)55-31-17-35-60(62(55)69)70-59-34-14-12-28-52(59)54-30-16-32-57(61(54)70)65-67-63(47-37-36-43-20-7-8-23-45(43)40-47)66-64(68-65)56-39-38-49(44-21-5-2-6-22-44)50-26-9-10-27-51(50)56/h1-41H. The molecule has 0 saturated heterocycles. The lowest BCUT2D eigenvalue weighted by atomic mass is 9.94. The van der Waals surface area contributed by atoms with Crippen LogP contribution in [0, 0.1) is 0 Å². The van der Waals surface area contributed by atoms with Crippen molar-refractivity contribution in [3.63, 3.8) is 0 Å². The molecule has 3 aromatic heterocycles. The van der Waals surface area contributed by atoms with E-state index in [2.05, 4.69) is 258 Å². The number of hydrogen-bond acceptors (Lipinski definition) is 3. The minimum absolute atomic E-state index is 0.599. The third-order valence-corrected chi connectivity index (χ3v) is 14.0. The smallest absolute Gasteiger partial charge is 0.166 e. The van der Waals surface area contributed by atoms with Crippen LogP contribution in [-0.4, -0.2) is 24.1 Å². The normalized spacial score (nSPS) is 11.7. The molecule has 0 unspecified atom stereocenters. The maximum absolute atomic E-state index is 5.53. The van der Waals surface area contributed by atoms with E-state index < -0.39 is 0 Å². The molecule has 11 aromatic carbocycles. The fraction of sp³-hybridized carbons (Fsp3) is 0. The van der Waals surface area contributed by atoms with Gasteiger partial charge in [-0.25, -0.2) is 15.0 Å². The van der Waals surface area contributed by atoms with Crippen molar-refractivity contribution in [2.24, 2.45) is 0 Å². The first kappa shape index (κ1) is 39.7. The Labute approximate surface area is 403 Å². The number of para-hydroxylation sites is 4. The highest BCUT2D eigenvalue weighted by molar-refractivity contribution is 6.17. The summed E-state index contributed by atoms with van der Waals surface area (Å²) in [5.74, 6) is 1.83. The van der Waals surface area contributed by atoms with Crippen LogP contribution in [0.15, 0.2) is 249 Å². The number of benzene rings is 11. The van der Waals surface area contributed by atoms with Gasteiger partial charge in [-0.3, -0.25) is 0 Å². The van der Waals surface area contributed by atoms with Crippen LogP contribution >= 0.6 is 0 Å². The SMILES string of the molecule is c1ccc(-c2cccc(-n3c4ccccc4c4cccc(-n5c6ccccc6c6cccc(-c7nc(-c8ccc9ccccc9c8)nc(-c8ccc(-c9ccccc9)c9ccccc89)n7)c65)c43)c2)cc1. The predicted octanol–water partition coefficient (Wildman–Crippen LogP) is 16.7. The Morgan fingerprint density at radius 1 is 0.257 bits per heavy atom. The number of rotatable bonds is 7. The second-order valence-electron chi connectivity index (χ2n) is 17.9. The van der Waals surface area contributed by atoms with E-state index in [4.69, 9.17) is 15.0 Å². The summed E-state index contributed by atoms with van der Waals surface area (Å²) >= 11 is 0. The molecule has 70 heavy (non-hydrogen) atoms. The van der Waals surface area contributed by atoms with E-state index in [-0.39, 0.29) is 0 Å². The minimum atomic E-state index is 0.599. The van der Waals surface area contributed by atoms with Gasteiger partial charge in [-0.05, 0) is 92.3 Å². The molecule has 0 spiro atoms. The lowest BCUT2D eigenvalue weighted by molar-refractivity contribution is 1.07. The van der Waals surface area contributed by atoms with Gasteiger partial charge in [-0.1, -0.05) is 200 Å². The highest BCUT2D eigenvalue weighted by Crippen LogP contribution is 2.43. The van der Waals surface area contributed by atoms with Gasteiger partial charge in [0.1, 0.15) is 0 Å².